The predicted octanol–water partition coefficient (Wildman–Crippen LogP) is 6.34. The van der Waals surface area contributed by atoms with Gasteiger partial charge in [-0.3, -0.25) is 4.98 Å². The Hall–Kier alpha value is -3.33. The molecule has 0 aliphatic carbocycles. The first-order chi connectivity index (χ1) is 17.7. The largest absolute Gasteiger partial charge is 0.444 e. The number of hydrogen-bond donors (Lipinski definition) is 0. The molecule has 1 atom stereocenters. The average Bonchev–Trinajstić information content (AvgIpc) is 3.44. The van der Waals surface area contributed by atoms with Crippen LogP contribution in [0, 0.1) is 0 Å². The van der Waals surface area contributed by atoms with Gasteiger partial charge >= 0.3 is 12.2 Å². The van der Waals surface area contributed by atoms with Crippen LogP contribution in [0.4, 0.5) is 15.3 Å². The molecule has 0 radical (unpaired) electrons. The molecule has 1 aliphatic heterocycles. The van der Waals surface area contributed by atoms with Crippen LogP contribution < -0.4 is 4.90 Å². The number of nitrogens with zero attached hydrogens (tertiary/aromatic N) is 5. The second-order valence-electron chi connectivity index (χ2n) is 11.4. The average molecular weight is 544 g/mol. The Morgan fingerprint density at radius 3 is 2.13 bits per heavy atom. The van der Waals surface area contributed by atoms with Crippen molar-refractivity contribution in [2.75, 3.05) is 32.1 Å². The molecule has 4 rings (SSSR count). The number of aromatic nitrogens is 3. The predicted molar refractivity (Wildman–Crippen MR) is 150 cm³/mol. The zero-order valence-corrected chi connectivity index (χ0v) is 24.2. The van der Waals surface area contributed by atoms with Crippen LogP contribution in [-0.4, -0.2) is 70.0 Å². The number of carbonyl (C=O) groups is 2. The van der Waals surface area contributed by atoms with E-state index in [2.05, 4.69) is 9.97 Å². The molecule has 3 aromatic rings. The van der Waals surface area contributed by atoms with Gasteiger partial charge in [-0.1, -0.05) is 11.6 Å². The second-order valence-corrected chi connectivity index (χ2v) is 11.8. The highest BCUT2D eigenvalue weighted by Gasteiger charge is 2.34. The van der Waals surface area contributed by atoms with Gasteiger partial charge < -0.3 is 19.3 Å². The van der Waals surface area contributed by atoms with Gasteiger partial charge in [0.05, 0.1) is 5.02 Å². The maximum Gasteiger partial charge on any atom is 0.420 e. The molecule has 1 amide bonds. The van der Waals surface area contributed by atoms with Gasteiger partial charge in [-0.25, -0.2) is 19.1 Å². The van der Waals surface area contributed by atoms with Crippen LogP contribution in [0.2, 0.25) is 5.02 Å². The zero-order chi connectivity index (χ0) is 28.3. The van der Waals surface area contributed by atoms with Crippen LogP contribution in [0.3, 0.4) is 0 Å². The Balaban J connectivity index is 0.000000375. The highest BCUT2D eigenvalue weighted by molar-refractivity contribution is 6.35. The molecule has 1 fully saturated rings. The summed E-state index contributed by atoms with van der Waals surface area (Å²) in [7, 11) is 4.02. The van der Waals surface area contributed by atoms with Gasteiger partial charge in [0.15, 0.2) is 5.65 Å². The van der Waals surface area contributed by atoms with Gasteiger partial charge in [0, 0.05) is 68.5 Å². The molecule has 4 heterocycles. The maximum absolute atomic E-state index is 13.0. The minimum atomic E-state index is -0.651. The van der Waals surface area contributed by atoms with Crippen LogP contribution in [0.25, 0.3) is 11.0 Å². The lowest BCUT2D eigenvalue weighted by molar-refractivity contribution is 0.0292. The first kappa shape index (κ1) is 29.2. The summed E-state index contributed by atoms with van der Waals surface area (Å²) in [6.07, 6.45) is 4.99. The SMILES string of the molecule is CC(C)(C)OC(=O)N1CCC(c2cc3c(Cl)ccnc3n2C(=O)OC(C)(C)C)C1.CN(C)c1ccncc1. The van der Waals surface area contributed by atoms with E-state index in [9.17, 15) is 9.59 Å². The lowest BCUT2D eigenvalue weighted by Gasteiger charge is -2.24. The van der Waals surface area contributed by atoms with Gasteiger partial charge in [0.1, 0.15) is 11.2 Å². The van der Waals surface area contributed by atoms with Gasteiger partial charge in [-0.15, -0.1) is 0 Å². The molecule has 206 valence electrons. The fraction of sp³-hybridized carbons (Fsp3) is 0.500. The summed E-state index contributed by atoms with van der Waals surface area (Å²) in [5.41, 5.74) is 1.17. The van der Waals surface area contributed by atoms with Crippen LogP contribution in [0.5, 0.6) is 0 Å². The minimum Gasteiger partial charge on any atom is -0.444 e. The molecule has 1 aliphatic rings. The summed E-state index contributed by atoms with van der Waals surface area (Å²) in [4.78, 5) is 37.4. The van der Waals surface area contributed by atoms with E-state index in [0.29, 0.717) is 35.6 Å². The van der Waals surface area contributed by atoms with Crippen molar-refractivity contribution in [1.82, 2.24) is 19.4 Å². The van der Waals surface area contributed by atoms with Crippen molar-refractivity contribution in [3.8, 4) is 0 Å². The molecule has 9 nitrogen and oxygen atoms in total. The minimum absolute atomic E-state index is 0.0553. The molecule has 0 aromatic carbocycles. The monoisotopic (exact) mass is 543 g/mol. The summed E-state index contributed by atoms with van der Waals surface area (Å²) in [5.74, 6) is -0.0553. The number of rotatable bonds is 2. The lowest BCUT2D eigenvalue weighted by Crippen LogP contribution is -2.35. The Morgan fingerprint density at radius 1 is 0.974 bits per heavy atom. The lowest BCUT2D eigenvalue weighted by atomic mass is 10.0. The molecule has 38 heavy (non-hydrogen) atoms. The van der Waals surface area contributed by atoms with Crippen LogP contribution in [-0.2, 0) is 9.47 Å². The van der Waals surface area contributed by atoms with Crippen LogP contribution in [0.15, 0.2) is 42.9 Å². The Labute approximate surface area is 229 Å². The summed E-state index contributed by atoms with van der Waals surface area (Å²) in [6, 6.07) is 7.51. The number of hydrogen-bond acceptors (Lipinski definition) is 7. The quantitative estimate of drug-likeness (QED) is 0.372. The zero-order valence-electron chi connectivity index (χ0n) is 23.5. The third-order valence-corrected chi connectivity index (χ3v) is 6.02. The number of amides is 1. The number of fused-ring (bicyclic) bond motifs is 1. The van der Waals surface area contributed by atoms with E-state index < -0.39 is 17.3 Å². The van der Waals surface area contributed by atoms with Crippen molar-refractivity contribution in [3.05, 3.63) is 53.6 Å². The number of likely N-dealkylation sites (tertiary alicyclic amines) is 1. The van der Waals surface area contributed by atoms with E-state index in [1.54, 1.807) is 29.6 Å². The summed E-state index contributed by atoms with van der Waals surface area (Å²) < 4.78 is 12.6. The highest BCUT2D eigenvalue weighted by Crippen LogP contribution is 2.34. The summed E-state index contributed by atoms with van der Waals surface area (Å²) in [5, 5.41) is 1.20. The second kappa shape index (κ2) is 11.6. The number of anilines is 1. The smallest absolute Gasteiger partial charge is 0.420 e. The first-order valence-corrected chi connectivity index (χ1v) is 13.0. The van der Waals surface area contributed by atoms with Crippen LogP contribution in [0.1, 0.15) is 59.6 Å². The van der Waals surface area contributed by atoms with E-state index in [1.807, 2.05) is 78.7 Å². The fourth-order valence-electron chi connectivity index (χ4n) is 4.02. The molecule has 3 aromatic heterocycles. The highest BCUT2D eigenvalue weighted by atomic mass is 35.5. The molecule has 0 bridgehead atoms. The van der Waals surface area contributed by atoms with E-state index in [4.69, 9.17) is 21.1 Å². The van der Waals surface area contributed by atoms with E-state index in [0.717, 1.165) is 5.69 Å². The van der Waals surface area contributed by atoms with E-state index >= 15 is 0 Å². The molecule has 1 unspecified atom stereocenters. The van der Waals surface area contributed by atoms with Gasteiger partial charge in [-0.05, 0) is 72.2 Å². The third-order valence-electron chi connectivity index (χ3n) is 5.69. The number of ether oxygens (including phenoxy) is 2. The summed E-state index contributed by atoms with van der Waals surface area (Å²) >= 11 is 6.35. The maximum atomic E-state index is 13.0. The number of pyridine rings is 2. The Morgan fingerprint density at radius 2 is 1.58 bits per heavy atom. The van der Waals surface area contributed by atoms with Crippen molar-refractivity contribution in [2.45, 2.75) is 65.1 Å². The molecule has 0 spiro atoms. The van der Waals surface area contributed by atoms with Crippen molar-refractivity contribution in [3.63, 3.8) is 0 Å². The standard InChI is InChI=1S/C21H28ClN3O4.C7H10N2/c1-20(2,3)28-18(26)24-10-8-13(12-24)16-11-14-15(22)7-9-23-17(14)25(16)19(27)29-21(4,5)6;1-9(2)7-3-5-8-6-4-7/h7,9,11,13H,8,10,12H2,1-6H3;3-6H,1-2H3. The van der Waals surface area contributed by atoms with Gasteiger partial charge in [0.2, 0.25) is 0 Å². The Bertz CT molecular complexity index is 1260. The van der Waals surface area contributed by atoms with Crippen molar-refractivity contribution < 1.29 is 19.1 Å². The fourth-order valence-corrected chi connectivity index (χ4v) is 4.22. The number of carbonyl (C=O) groups excluding carboxylic acids is 2. The molecular weight excluding hydrogens is 506 g/mol. The van der Waals surface area contributed by atoms with Gasteiger partial charge in [-0.2, -0.15) is 0 Å². The Kier molecular flexibility index (Phi) is 8.92. The molecule has 0 N–H and O–H groups in total. The summed E-state index contributed by atoms with van der Waals surface area (Å²) in [6.45, 7) is 12.0. The van der Waals surface area contributed by atoms with E-state index in [-0.39, 0.29) is 12.0 Å². The van der Waals surface area contributed by atoms with Crippen molar-refractivity contribution in [2.24, 2.45) is 0 Å². The van der Waals surface area contributed by atoms with Crippen LogP contribution >= 0.6 is 11.6 Å². The number of halogens is 1. The van der Waals surface area contributed by atoms with E-state index in [1.165, 1.54) is 10.3 Å². The van der Waals surface area contributed by atoms with Crippen molar-refractivity contribution in [1.29, 1.82) is 0 Å². The molecule has 1 saturated heterocycles. The topological polar surface area (TPSA) is 89.8 Å². The first-order valence-electron chi connectivity index (χ1n) is 12.6. The molecule has 0 saturated carbocycles. The molecule has 10 heteroatoms. The normalized spacial score (nSPS) is 15.6. The van der Waals surface area contributed by atoms with Gasteiger partial charge in [0.25, 0.3) is 0 Å². The molecular formula is C28H38ClN5O4. The third kappa shape index (κ3) is 7.60. The van der Waals surface area contributed by atoms with Crippen molar-refractivity contribution >= 4 is 40.5 Å².